The molecule has 0 bridgehead atoms. The monoisotopic (exact) mass is 339 g/mol. The summed E-state index contributed by atoms with van der Waals surface area (Å²) in [7, 11) is -1.97. The van der Waals surface area contributed by atoms with Crippen LogP contribution < -0.4 is 0 Å². The molecule has 0 fully saturated rings. The zero-order chi connectivity index (χ0) is 17.6. The lowest BCUT2D eigenvalue weighted by Gasteiger charge is -2.15. The Labute approximate surface area is 138 Å². The zero-order valence-electron chi connectivity index (χ0n) is 15.4. The molecule has 22 heavy (non-hydrogen) atoms. The van der Waals surface area contributed by atoms with Crippen LogP contribution in [0.5, 0.6) is 0 Å². The minimum absolute atomic E-state index is 0.351. The van der Waals surface area contributed by atoms with E-state index in [-0.39, 0.29) is 0 Å². The van der Waals surface area contributed by atoms with Crippen molar-refractivity contribution in [2.75, 3.05) is 26.8 Å². The van der Waals surface area contributed by atoms with Gasteiger partial charge >= 0.3 is 0 Å². The lowest BCUT2D eigenvalue weighted by molar-refractivity contribution is -0.0315. The summed E-state index contributed by atoms with van der Waals surface area (Å²) < 4.78 is 46.0. The summed E-state index contributed by atoms with van der Waals surface area (Å²) in [4.78, 5) is 0. The number of hydrogen-bond donors (Lipinski definition) is 0. The standard InChI is InChI=1S/C16H34O5S/c1-4-5-12-16(21-22(3,17)18)13-10-8-6-7-9-11-14-20-15-19-2/h16H,4-15H2,1-3H3/i16D. The fourth-order valence-electron chi connectivity index (χ4n) is 2.17. The maximum absolute atomic E-state index is 11.3. The van der Waals surface area contributed by atoms with E-state index in [9.17, 15) is 8.42 Å². The molecule has 0 N–H and O–H groups in total. The van der Waals surface area contributed by atoms with Crippen LogP contribution in [0.3, 0.4) is 0 Å². The van der Waals surface area contributed by atoms with E-state index in [1.807, 2.05) is 6.92 Å². The Morgan fingerprint density at radius 2 is 1.59 bits per heavy atom. The van der Waals surface area contributed by atoms with E-state index in [4.69, 9.17) is 15.0 Å². The van der Waals surface area contributed by atoms with Crippen LogP contribution in [-0.4, -0.2) is 41.3 Å². The van der Waals surface area contributed by atoms with Gasteiger partial charge in [0.25, 0.3) is 10.1 Å². The minimum atomic E-state index is -3.59. The smallest absolute Gasteiger partial charge is 0.264 e. The first-order valence-corrected chi connectivity index (χ1v) is 10.1. The molecule has 1 atom stereocenters. The SMILES string of the molecule is [2H]C(CCCC)(CCCCCCCCOCOC)OS(C)(=O)=O. The highest BCUT2D eigenvalue weighted by molar-refractivity contribution is 7.86. The van der Waals surface area contributed by atoms with E-state index in [0.29, 0.717) is 19.6 Å². The van der Waals surface area contributed by atoms with Crippen molar-refractivity contribution in [3.8, 4) is 0 Å². The Kier molecular flexibility index (Phi) is 13.0. The number of hydrogen-bond acceptors (Lipinski definition) is 5. The van der Waals surface area contributed by atoms with Gasteiger partial charge in [0.15, 0.2) is 0 Å². The third-order valence-corrected chi connectivity index (χ3v) is 3.81. The highest BCUT2D eigenvalue weighted by Crippen LogP contribution is 2.16. The topological polar surface area (TPSA) is 61.8 Å². The van der Waals surface area contributed by atoms with Gasteiger partial charge in [0.1, 0.15) is 6.79 Å². The molecule has 0 saturated heterocycles. The average Bonchev–Trinajstić information content (AvgIpc) is 2.45. The van der Waals surface area contributed by atoms with Crippen molar-refractivity contribution in [1.29, 1.82) is 0 Å². The fraction of sp³-hybridized carbons (Fsp3) is 1.00. The predicted molar refractivity (Wildman–Crippen MR) is 89.4 cm³/mol. The van der Waals surface area contributed by atoms with Gasteiger partial charge in [-0.1, -0.05) is 51.9 Å². The molecule has 0 spiro atoms. The van der Waals surface area contributed by atoms with E-state index in [1.54, 1.807) is 7.11 Å². The second-order valence-corrected chi connectivity index (χ2v) is 7.19. The van der Waals surface area contributed by atoms with Crippen molar-refractivity contribution in [2.24, 2.45) is 0 Å². The first-order chi connectivity index (χ1) is 10.8. The van der Waals surface area contributed by atoms with Gasteiger partial charge in [0.2, 0.25) is 0 Å². The van der Waals surface area contributed by atoms with E-state index in [0.717, 1.165) is 64.2 Å². The quantitative estimate of drug-likeness (QED) is 0.243. The van der Waals surface area contributed by atoms with Crippen molar-refractivity contribution in [2.45, 2.75) is 77.2 Å². The van der Waals surface area contributed by atoms with E-state index >= 15 is 0 Å². The predicted octanol–water partition coefficient (Wildman–Crippen LogP) is 3.87. The Morgan fingerprint density at radius 1 is 1.00 bits per heavy atom. The van der Waals surface area contributed by atoms with E-state index < -0.39 is 16.2 Å². The Balaban J connectivity index is 3.82. The summed E-state index contributed by atoms with van der Waals surface area (Å²) in [5, 5.41) is 0. The van der Waals surface area contributed by atoms with Crippen LogP contribution in [0.2, 0.25) is 0 Å². The molecule has 0 amide bonds. The second-order valence-electron chi connectivity index (χ2n) is 5.62. The Hall–Kier alpha value is -0.170. The van der Waals surface area contributed by atoms with Gasteiger partial charge in [-0.3, -0.25) is 4.18 Å². The molecule has 0 radical (unpaired) electrons. The van der Waals surface area contributed by atoms with Gasteiger partial charge in [-0.05, 0) is 19.3 Å². The molecule has 0 rings (SSSR count). The van der Waals surface area contributed by atoms with Crippen LogP contribution in [0.25, 0.3) is 0 Å². The van der Waals surface area contributed by atoms with Crippen molar-refractivity contribution in [3.05, 3.63) is 0 Å². The maximum Gasteiger partial charge on any atom is 0.264 e. The molecular weight excluding hydrogens is 304 g/mol. The van der Waals surface area contributed by atoms with Gasteiger partial charge in [-0.25, -0.2) is 0 Å². The van der Waals surface area contributed by atoms with Crippen molar-refractivity contribution in [1.82, 2.24) is 0 Å². The molecule has 0 saturated carbocycles. The van der Waals surface area contributed by atoms with Crippen LogP contribution >= 0.6 is 0 Å². The van der Waals surface area contributed by atoms with E-state index in [1.165, 1.54) is 0 Å². The van der Waals surface area contributed by atoms with Crippen LogP contribution in [0, 0.1) is 0 Å². The third-order valence-electron chi connectivity index (χ3n) is 3.27. The molecule has 134 valence electrons. The van der Waals surface area contributed by atoms with Crippen molar-refractivity contribution < 1.29 is 23.4 Å². The minimum Gasteiger partial charge on any atom is -0.359 e. The molecule has 0 heterocycles. The molecule has 0 aromatic rings. The summed E-state index contributed by atoms with van der Waals surface area (Å²) in [5.74, 6) is 0. The molecule has 1 unspecified atom stereocenters. The molecule has 6 heteroatoms. The van der Waals surface area contributed by atoms with E-state index in [2.05, 4.69) is 0 Å². The number of methoxy groups -OCH3 is 1. The van der Waals surface area contributed by atoms with Crippen molar-refractivity contribution >= 4 is 10.1 Å². The number of ether oxygens (including phenoxy) is 2. The fourth-order valence-corrected chi connectivity index (χ4v) is 2.77. The number of rotatable bonds is 16. The van der Waals surface area contributed by atoms with Crippen LogP contribution in [0.1, 0.15) is 72.5 Å². The third kappa shape index (κ3) is 16.2. The largest absolute Gasteiger partial charge is 0.359 e. The first-order valence-electron chi connectivity index (χ1n) is 8.80. The summed E-state index contributed by atoms with van der Waals surface area (Å²) in [6, 6.07) is 0. The molecule has 5 nitrogen and oxygen atoms in total. The van der Waals surface area contributed by atoms with Crippen LogP contribution in [0.4, 0.5) is 0 Å². The second kappa shape index (κ2) is 14.4. The molecule has 0 aliphatic carbocycles. The summed E-state index contributed by atoms with van der Waals surface area (Å²) in [6.07, 6.45) is 8.58. The highest BCUT2D eigenvalue weighted by Gasteiger charge is 2.14. The molecular formula is C16H34O5S. The highest BCUT2D eigenvalue weighted by atomic mass is 32.2. The molecule has 0 aliphatic rings. The lowest BCUT2D eigenvalue weighted by Crippen LogP contribution is -2.17. The maximum atomic E-state index is 11.3. The Morgan fingerprint density at radius 3 is 2.18 bits per heavy atom. The van der Waals surface area contributed by atoms with Gasteiger partial charge in [-0.15, -0.1) is 0 Å². The van der Waals surface area contributed by atoms with Gasteiger partial charge < -0.3 is 9.47 Å². The van der Waals surface area contributed by atoms with Gasteiger partial charge in [0, 0.05) is 13.7 Å². The zero-order valence-corrected chi connectivity index (χ0v) is 15.3. The van der Waals surface area contributed by atoms with Gasteiger partial charge in [-0.2, -0.15) is 8.42 Å². The Bertz CT molecular complexity index is 375. The lowest BCUT2D eigenvalue weighted by atomic mass is 10.0. The summed E-state index contributed by atoms with van der Waals surface area (Å²) >= 11 is 0. The van der Waals surface area contributed by atoms with Crippen molar-refractivity contribution in [3.63, 3.8) is 0 Å². The molecule has 0 aromatic heterocycles. The molecule has 0 aliphatic heterocycles. The number of unbranched alkanes of at least 4 members (excludes halogenated alkanes) is 6. The van der Waals surface area contributed by atoms with Crippen LogP contribution in [-0.2, 0) is 23.8 Å². The molecule has 0 aromatic carbocycles. The summed E-state index contributed by atoms with van der Waals surface area (Å²) in [5.41, 5.74) is 0. The summed E-state index contributed by atoms with van der Waals surface area (Å²) in [6.45, 7) is 3.10. The first kappa shape index (κ1) is 19.9. The van der Waals surface area contributed by atoms with Crippen LogP contribution in [0.15, 0.2) is 0 Å². The average molecular weight is 340 g/mol. The normalized spacial score (nSPS) is 15.5. The van der Waals surface area contributed by atoms with Gasteiger partial charge in [0.05, 0.1) is 13.7 Å².